The average molecular weight is 159 g/mol. The van der Waals surface area contributed by atoms with Gasteiger partial charge in [-0.15, -0.1) is 0 Å². The summed E-state index contributed by atoms with van der Waals surface area (Å²) >= 11 is 0. The molecule has 0 bridgehead atoms. The number of rotatable bonds is 2. The smallest absolute Gasteiger partial charge is 0.0889 e. The van der Waals surface area contributed by atoms with E-state index >= 15 is 0 Å². The fourth-order valence-electron chi connectivity index (χ4n) is 1.51. The molecule has 0 spiro atoms. The van der Waals surface area contributed by atoms with Crippen molar-refractivity contribution in [2.24, 2.45) is 5.92 Å². The van der Waals surface area contributed by atoms with Gasteiger partial charge < -0.3 is 15.5 Å². The van der Waals surface area contributed by atoms with E-state index in [-0.39, 0.29) is 12.5 Å². The molecule has 0 radical (unpaired) electrons. The van der Waals surface area contributed by atoms with Gasteiger partial charge in [0.15, 0.2) is 0 Å². The molecule has 1 aliphatic heterocycles. The molecule has 1 heterocycles. The van der Waals surface area contributed by atoms with Crippen LogP contribution in [0.2, 0.25) is 0 Å². The number of aliphatic hydroxyl groups excluding tert-OH is 1. The highest BCUT2D eigenvalue weighted by Crippen LogP contribution is 2.22. The normalized spacial score (nSPS) is 31.4. The molecule has 3 nitrogen and oxygen atoms in total. The van der Waals surface area contributed by atoms with Gasteiger partial charge in [0.2, 0.25) is 0 Å². The molecule has 1 rings (SSSR count). The summed E-state index contributed by atoms with van der Waals surface area (Å²) in [6, 6.07) is 0. The van der Waals surface area contributed by atoms with Crippen molar-refractivity contribution in [1.29, 1.82) is 0 Å². The zero-order valence-corrected chi connectivity index (χ0v) is 7.01. The van der Waals surface area contributed by atoms with Gasteiger partial charge in [-0.1, -0.05) is 0 Å². The Morgan fingerprint density at radius 3 is 2.82 bits per heavy atom. The molecular weight excluding hydrogens is 142 g/mol. The largest absolute Gasteiger partial charge is 0.393 e. The van der Waals surface area contributed by atoms with Gasteiger partial charge in [0, 0.05) is 12.5 Å². The van der Waals surface area contributed by atoms with Crippen molar-refractivity contribution >= 4 is 0 Å². The van der Waals surface area contributed by atoms with E-state index in [4.69, 9.17) is 5.11 Å². The third-order valence-corrected chi connectivity index (χ3v) is 2.50. The molecule has 0 aromatic heterocycles. The van der Waals surface area contributed by atoms with Gasteiger partial charge in [0.05, 0.1) is 12.2 Å². The molecule has 1 saturated heterocycles. The number of piperidine rings is 1. The average Bonchev–Trinajstić information content (AvgIpc) is 2.06. The minimum atomic E-state index is -0.895. The predicted octanol–water partition coefficient (Wildman–Crippen LogP) is -0.271. The maximum atomic E-state index is 9.66. The summed E-state index contributed by atoms with van der Waals surface area (Å²) in [6.07, 6.45) is 2.11. The third-order valence-electron chi connectivity index (χ3n) is 2.50. The Balaban J connectivity index is 2.43. The van der Waals surface area contributed by atoms with Crippen LogP contribution in [0.3, 0.4) is 0 Å². The van der Waals surface area contributed by atoms with Crippen LogP contribution in [0.5, 0.6) is 0 Å². The molecule has 3 heteroatoms. The second-order valence-corrected chi connectivity index (χ2v) is 3.56. The quantitative estimate of drug-likeness (QED) is 0.520. The van der Waals surface area contributed by atoms with Crippen LogP contribution in [0.4, 0.5) is 0 Å². The monoisotopic (exact) mass is 159 g/mol. The van der Waals surface area contributed by atoms with Crippen LogP contribution < -0.4 is 5.32 Å². The SMILES string of the molecule is C[C@](O)(CO)[C@@H]1CCCNC1. The van der Waals surface area contributed by atoms with E-state index in [9.17, 15) is 5.11 Å². The van der Waals surface area contributed by atoms with Crippen molar-refractivity contribution in [2.45, 2.75) is 25.4 Å². The molecule has 1 fully saturated rings. The van der Waals surface area contributed by atoms with E-state index in [1.807, 2.05) is 0 Å². The summed E-state index contributed by atoms with van der Waals surface area (Å²) in [5.41, 5.74) is -0.895. The van der Waals surface area contributed by atoms with E-state index in [2.05, 4.69) is 5.32 Å². The zero-order chi connectivity index (χ0) is 8.32. The lowest BCUT2D eigenvalue weighted by molar-refractivity contribution is -0.0531. The minimum Gasteiger partial charge on any atom is -0.393 e. The second-order valence-electron chi connectivity index (χ2n) is 3.56. The number of aliphatic hydroxyl groups is 2. The maximum absolute atomic E-state index is 9.66. The highest BCUT2D eigenvalue weighted by atomic mass is 16.3. The van der Waals surface area contributed by atoms with E-state index in [0.29, 0.717) is 0 Å². The molecule has 0 saturated carbocycles. The molecule has 66 valence electrons. The van der Waals surface area contributed by atoms with Gasteiger partial charge in [-0.05, 0) is 26.3 Å². The van der Waals surface area contributed by atoms with Crippen molar-refractivity contribution in [3.63, 3.8) is 0 Å². The summed E-state index contributed by atoms with van der Waals surface area (Å²) in [5.74, 6) is 0.209. The minimum absolute atomic E-state index is 0.140. The first-order valence-corrected chi connectivity index (χ1v) is 4.21. The molecule has 0 aliphatic carbocycles. The Hall–Kier alpha value is -0.120. The first kappa shape index (κ1) is 8.97. The van der Waals surface area contributed by atoms with Gasteiger partial charge in [0.1, 0.15) is 0 Å². The van der Waals surface area contributed by atoms with Crippen molar-refractivity contribution in [3.05, 3.63) is 0 Å². The summed E-state index contributed by atoms with van der Waals surface area (Å²) in [7, 11) is 0. The van der Waals surface area contributed by atoms with Gasteiger partial charge in [-0.25, -0.2) is 0 Å². The Morgan fingerprint density at radius 2 is 2.36 bits per heavy atom. The highest BCUT2D eigenvalue weighted by molar-refractivity contribution is 4.85. The molecular formula is C8H17NO2. The fourth-order valence-corrected chi connectivity index (χ4v) is 1.51. The molecule has 1 aliphatic rings. The molecule has 2 atom stereocenters. The van der Waals surface area contributed by atoms with Gasteiger partial charge in [-0.2, -0.15) is 0 Å². The number of hydrogen-bond acceptors (Lipinski definition) is 3. The van der Waals surface area contributed by atoms with Crippen molar-refractivity contribution in [2.75, 3.05) is 19.7 Å². The highest BCUT2D eigenvalue weighted by Gasteiger charge is 2.31. The van der Waals surface area contributed by atoms with E-state index in [0.717, 1.165) is 25.9 Å². The van der Waals surface area contributed by atoms with Crippen molar-refractivity contribution in [1.82, 2.24) is 5.32 Å². The Morgan fingerprint density at radius 1 is 1.64 bits per heavy atom. The van der Waals surface area contributed by atoms with Crippen LogP contribution in [0, 0.1) is 5.92 Å². The van der Waals surface area contributed by atoms with Crippen molar-refractivity contribution in [3.8, 4) is 0 Å². The summed E-state index contributed by atoms with van der Waals surface area (Å²) in [6.45, 7) is 3.43. The first-order chi connectivity index (χ1) is 5.17. The van der Waals surface area contributed by atoms with Crippen LogP contribution in [0.15, 0.2) is 0 Å². The summed E-state index contributed by atoms with van der Waals surface area (Å²) < 4.78 is 0. The topological polar surface area (TPSA) is 52.5 Å². The molecule has 3 N–H and O–H groups in total. The lowest BCUT2D eigenvalue weighted by Crippen LogP contribution is -2.46. The molecule has 0 aromatic rings. The molecule has 11 heavy (non-hydrogen) atoms. The number of hydrogen-bond donors (Lipinski definition) is 3. The van der Waals surface area contributed by atoms with Crippen LogP contribution in [-0.2, 0) is 0 Å². The van der Waals surface area contributed by atoms with E-state index in [1.165, 1.54) is 0 Å². The summed E-state index contributed by atoms with van der Waals surface area (Å²) in [4.78, 5) is 0. The van der Waals surface area contributed by atoms with Gasteiger partial charge in [0.25, 0.3) is 0 Å². The Kier molecular flexibility index (Phi) is 2.87. The summed E-state index contributed by atoms with van der Waals surface area (Å²) in [5, 5.41) is 21.7. The lowest BCUT2D eigenvalue weighted by Gasteiger charge is -2.34. The van der Waals surface area contributed by atoms with Crippen LogP contribution in [0.25, 0.3) is 0 Å². The molecule has 0 unspecified atom stereocenters. The van der Waals surface area contributed by atoms with Gasteiger partial charge in [-0.3, -0.25) is 0 Å². The predicted molar refractivity (Wildman–Crippen MR) is 43.3 cm³/mol. The maximum Gasteiger partial charge on any atom is 0.0889 e. The molecule has 0 aromatic carbocycles. The van der Waals surface area contributed by atoms with Gasteiger partial charge >= 0.3 is 0 Å². The Labute approximate surface area is 67.4 Å². The van der Waals surface area contributed by atoms with Crippen LogP contribution in [-0.4, -0.2) is 35.5 Å². The number of nitrogens with one attached hydrogen (secondary N) is 1. The molecule has 0 amide bonds. The second kappa shape index (κ2) is 3.52. The van der Waals surface area contributed by atoms with Crippen molar-refractivity contribution < 1.29 is 10.2 Å². The van der Waals surface area contributed by atoms with E-state index in [1.54, 1.807) is 6.92 Å². The first-order valence-electron chi connectivity index (χ1n) is 4.21. The van der Waals surface area contributed by atoms with E-state index < -0.39 is 5.60 Å². The van der Waals surface area contributed by atoms with Crippen LogP contribution in [0.1, 0.15) is 19.8 Å². The zero-order valence-electron chi connectivity index (χ0n) is 7.01. The fraction of sp³-hybridized carbons (Fsp3) is 1.00. The third kappa shape index (κ3) is 2.15. The van der Waals surface area contributed by atoms with Crippen LogP contribution >= 0.6 is 0 Å². The Bertz CT molecular complexity index is 119. The standard InChI is InChI=1S/C8H17NO2/c1-8(11,6-10)7-3-2-4-9-5-7/h7,9-11H,2-6H2,1H3/t7-,8+/m1/s1. The lowest BCUT2D eigenvalue weighted by atomic mass is 9.84.